The molecule has 23 heavy (non-hydrogen) atoms. The molecule has 126 valence electrons. The van der Waals surface area contributed by atoms with Crippen molar-refractivity contribution in [3.05, 3.63) is 12.2 Å². The Morgan fingerprint density at radius 3 is 2.39 bits per heavy atom. The van der Waals surface area contributed by atoms with E-state index >= 15 is 0 Å². The van der Waals surface area contributed by atoms with Crippen LogP contribution in [0.1, 0.15) is 40.0 Å². The van der Waals surface area contributed by atoms with Crippen molar-refractivity contribution in [3.8, 4) is 0 Å². The summed E-state index contributed by atoms with van der Waals surface area (Å²) < 4.78 is 10.3. The molecule has 4 heteroatoms. The molecule has 4 rings (SSSR count). The highest BCUT2D eigenvalue weighted by atomic mass is 16.7. The lowest BCUT2D eigenvalue weighted by Gasteiger charge is -2.35. The SMILES string of the molecule is CC(C)(C)C(=O)OCOC(=O)C1CC2CC1C1C3C=CC(C3)C21. The number of ether oxygens (including phenoxy) is 2. The van der Waals surface area contributed by atoms with E-state index in [4.69, 9.17) is 9.47 Å². The Morgan fingerprint density at radius 1 is 1.00 bits per heavy atom. The standard InChI is InChI=1S/C19H26O4/c1-19(2,3)18(21)23-9-22-17(20)14-8-12-7-13(14)16-11-5-4-10(6-11)15(12)16/h4-5,10-16H,6-9H2,1-3H3. The van der Waals surface area contributed by atoms with Gasteiger partial charge in [-0.25, -0.2) is 0 Å². The third kappa shape index (κ3) is 2.33. The maximum atomic E-state index is 12.4. The smallest absolute Gasteiger partial charge is 0.314 e. The minimum Gasteiger partial charge on any atom is -0.428 e. The normalized spacial score (nSPS) is 42.8. The zero-order chi connectivity index (χ0) is 16.4. The molecule has 4 aliphatic rings. The van der Waals surface area contributed by atoms with Crippen LogP contribution in [0.5, 0.6) is 0 Å². The van der Waals surface area contributed by atoms with Crippen molar-refractivity contribution in [1.82, 2.24) is 0 Å². The highest BCUT2D eigenvalue weighted by molar-refractivity contribution is 5.76. The second-order valence-corrected chi connectivity index (χ2v) is 8.87. The maximum Gasteiger partial charge on any atom is 0.314 e. The van der Waals surface area contributed by atoms with E-state index in [1.807, 2.05) is 0 Å². The van der Waals surface area contributed by atoms with Crippen molar-refractivity contribution in [2.75, 3.05) is 6.79 Å². The summed E-state index contributed by atoms with van der Waals surface area (Å²) in [7, 11) is 0. The zero-order valence-corrected chi connectivity index (χ0v) is 14.2. The van der Waals surface area contributed by atoms with Crippen LogP contribution in [0.4, 0.5) is 0 Å². The number of carbonyl (C=O) groups excluding carboxylic acids is 2. The number of fused-ring (bicyclic) bond motifs is 9. The van der Waals surface area contributed by atoms with Gasteiger partial charge in [-0.2, -0.15) is 0 Å². The molecule has 0 aromatic heterocycles. The molecule has 0 aromatic rings. The second kappa shape index (κ2) is 5.09. The summed E-state index contributed by atoms with van der Waals surface area (Å²) in [5.74, 6) is 3.66. The van der Waals surface area contributed by atoms with Gasteiger partial charge in [0.25, 0.3) is 0 Å². The Hall–Kier alpha value is -1.32. The lowest BCUT2D eigenvalue weighted by molar-refractivity contribution is -0.177. The first-order valence-electron chi connectivity index (χ1n) is 8.88. The van der Waals surface area contributed by atoms with Crippen LogP contribution in [-0.2, 0) is 19.1 Å². The highest BCUT2D eigenvalue weighted by Crippen LogP contribution is 2.67. The average molecular weight is 318 g/mol. The lowest BCUT2D eigenvalue weighted by atomic mass is 9.69. The van der Waals surface area contributed by atoms with Crippen molar-refractivity contribution in [2.45, 2.75) is 40.0 Å². The number of hydrogen-bond donors (Lipinski definition) is 0. The minimum absolute atomic E-state index is 0.0161. The molecule has 0 N–H and O–H groups in total. The summed E-state index contributed by atoms with van der Waals surface area (Å²) in [6.45, 7) is 5.12. The average Bonchev–Trinajstić information content (AvgIpc) is 3.23. The minimum atomic E-state index is -0.568. The van der Waals surface area contributed by atoms with Gasteiger partial charge in [-0.3, -0.25) is 9.59 Å². The molecule has 0 aromatic carbocycles. The van der Waals surface area contributed by atoms with Crippen LogP contribution in [0, 0.1) is 46.8 Å². The Kier molecular flexibility index (Phi) is 3.37. The van der Waals surface area contributed by atoms with Gasteiger partial charge >= 0.3 is 11.9 Å². The fraction of sp³-hybridized carbons (Fsp3) is 0.789. The van der Waals surface area contributed by atoms with E-state index < -0.39 is 5.41 Å². The van der Waals surface area contributed by atoms with Gasteiger partial charge in [-0.1, -0.05) is 12.2 Å². The molecule has 3 fully saturated rings. The number of allylic oxidation sites excluding steroid dienone is 2. The quantitative estimate of drug-likeness (QED) is 0.347. The number of carbonyl (C=O) groups is 2. The van der Waals surface area contributed by atoms with Crippen LogP contribution >= 0.6 is 0 Å². The van der Waals surface area contributed by atoms with Crippen molar-refractivity contribution < 1.29 is 19.1 Å². The van der Waals surface area contributed by atoms with E-state index in [9.17, 15) is 9.59 Å². The van der Waals surface area contributed by atoms with Crippen LogP contribution in [0.3, 0.4) is 0 Å². The summed E-state index contributed by atoms with van der Waals surface area (Å²) in [5.41, 5.74) is -0.568. The molecule has 0 saturated heterocycles. The van der Waals surface area contributed by atoms with Crippen molar-refractivity contribution in [3.63, 3.8) is 0 Å². The van der Waals surface area contributed by atoms with Gasteiger partial charge in [0.2, 0.25) is 6.79 Å². The number of hydrogen-bond acceptors (Lipinski definition) is 4. The molecule has 0 heterocycles. The van der Waals surface area contributed by atoms with Crippen LogP contribution in [-0.4, -0.2) is 18.7 Å². The molecular weight excluding hydrogens is 292 g/mol. The Morgan fingerprint density at radius 2 is 1.70 bits per heavy atom. The largest absolute Gasteiger partial charge is 0.428 e. The van der Waals surface area contributed by atoms with E-state index in [-0.39, 0.29) is 24.6 Å². The molecule has 7 atom stereocenters. The fourth-order valence-electron chi connectivity index (χ4n) is 5.75. The van der Waals surface area contributed by atoms with Crippen LogP contribution in [0.25, 0.3) is 0 Å². The van der Waals surface area contributed by atoms with Gasteiger partial charge < -0.3 is 9.47 Å². The van der Waals surface area contributed by atoms with Crippen molar-refractivity contribution in [2.24, 2.45) is 46.8 Å². The summed E-state index contributed by atoms with van der Waals surface area (Å²) in [5, 5.41) is 0. The van der Waals surface area contributed by atoms with E-state index in [0.29, 0.717) is 23.7 Å². The van der Waals surface area contributed by atoms with E-state index in [1.54, 1.807) is 20.8 Å². The summed E-state index contributed by atoms with van der Waals surface area (Å²) >= 11 is 0. The van der Waals surface area contributed by atoms with Crippen LogP contribution in [0.15, 0.2) is 12.2 Å². The zero-order valence-electron chi connectivity index (χ0n) is 14.2. The van der Waals surface area contributed by atoms with Gasteiger partial charge in [0.1, 0.15) is 0 Å². The number of esters is 2. The third-order valence-corrected chi connectivity index (χ3v) is 6.58. The maximum absolute atomic E-state index is 12.4. The number of rotatable bonds is 3. The van der Waals surface area contributed by atoms with Gasteiger partial charge in [0.05, 0.1) is 11.3 Å². The summed E-state index contributed by atoms with van der Waals surface area (Å²) in [6, 6.07) is 0. The molecule has 0 radical (unpaired) electrons. The van der Waals surface area contributed by atoms with Gasteiger partial charge in [0.15, 0.2) is 0 Å². The Labute approximate surface area is 137 Å². The van der Waals surface area contributed by atoms with E-state index in [0.717, 1.165) is 18.3 Å². The molecule has 3 saturated carbocycles. The first kappa shape index (κ1) is 15.2. The molecular formula is C19H26O4. The summed E-state index contributed by atoms with van der Waals surface area (Å²) in [4.78, 5) is 24.1. The van der Waals surface area contributed by atoms with Crippen LogP contribution in [0.2, 0.25) is 0 Å². The Balaban J connectivity index is 1.33. The predicted molar refractivity (Wildman–Crippen MR) is 83.9 cm³/mol. The molecule has 0 amide bonds. The van der Waals surface area contributed by atoms with Crippen molar-refractivity contribution in [1.29, 1.82) is 0 Å². The molecule has 7 unspecified atom stereocenters. The topological polar surface area (TPSA) is 52.6 Å². The third-order valence-electron chi connectivity index (χ3n) is 6.58. The van der Waals surface area contributed by atoms with Crippen LogP contribution < -0.4 is 0 Å². The predicted octanol–water partition coefficient (Wildman–Crippen LogP) is 3.17. The van der Waals surface area contributed by atoms with Crippen molar-refractivity contribution >= 4 is 11.9 Å². The molecule has 4 aliphatic carbocycles. The molecule has 0 aliphatic heterocycles. The second-order valence-electron chi connectivity index (χ2n) is 8.87. The molecule has 4 bridgehead atoms. The molecule has 0 spiro atoms. The van der Waals surface area contributed by atoms with Gasteiger partial charge in [0, 0.05) is 0 Å². The fourth-order valence-corrected chi connectivity index (χ4v) is 5.75. The Bertz CT molecular complexity index is 558. The lowest BCUT2D eigenvalue weighted by Crippen LogP contribution is -2.35. The van der Waals surface area contributed by atoms with Gasteiger partial charge in [-0.05, 0) is 75.5 Å². The van der Waals surface area contributed by atoms with E-state index in [1.165, 1.54) is 12.8 Å². The monoisotopic (exact) mass is 318 g/mol. The molecule has 4 nitrogen and oxygen atoms in total. The highest BCUT2D eigenvalue weighted by Gasteiger charge is 2.62. The van der Waals surface area contributed by atoms with Gasteiger partial charge in [-0.15, -0.1) is 0 Å². The first-order chi connectivity index (χ1) is 10.9. The van der Waals surface area contributed by atoms with E-state index in [2.05, 4.69) is 12.2 Å². The summed E-state index contributed by atoms with van der Waals surface area (Å²) in [6.07, 6.45) is 8.24. The first-order valence-corrected chi connectivity index (χ1v) is 8.88.